The average Bonchev–Trinajstić information content (AvgIpc) is 3.33. The molecule has 7 nitrogen and oxygen atoms in total. The Labute approximate surface area is 218 Å². The van der Waals surface area contributed by atoms with Crippen molar-refractivity contribution in [3.63, 3.8) is 0 Å². The lowest BCUT2D eigenvalue weighted by Crippen LogP contribution is -2.31. The van der Waals surface area contributed by atoms with Crippen LogP contribution in [0.3, 0.4) is 0 Å². The molecule has 2 heterocycles. The van der Waals surface area contributed by atoms with Gasteiger partial charge in [-0.3, -0.25) is 19.2 Å². The fourth-order valence-corrected chi connectivity index (χ4v) is 5.59. The van der Waals surface area contributed by atoms with Crippen LogP contribution in [0.2, 0.25) is 10.0 Å². The van der Waals surface area contributed by atoms with Crippen molar-refractivity contribution < 1.29 is 23.9 Å². The van der Waals surface area contributed by atoms with Crippen molar-refractivity contribution in [3.8, 4) is 5.75 Å². The number of carbonyl (C=O) groups is 4. The van der Waals surface area contributed by atoms with Crippen LogP contribution in [0.25, 0.3) is 0 Å². The molecule has 0 N–H and O–H groups in total. The molecule has 3 atom stereocenters. The van der Waals surface area contributed by atoms with E-state index in [1.54, 1.807) is 43.3 Å². The largest absolute Gasteiger partial charge is 0.426 e. The third kappa shape index (κ3) is 4.31. The van der Waals surface area contributed by atoms with E-state index < -0.39 is 11.9 Å². The lowest BCUT2D eigenvalue weighted by Gasteiger charge is -2.19. The van der Waals surface area contributed by atoms with Crippen LogP contribution in [0.5, 0.6) is 5.75 Å². The molecule has 1 aliphatic carbocycles. The maximum atomic E-state index is 13.0. The first-order valence-electron chi connectivity index (χ1n) is 11.7. The van der Waals surface area contributed by atoms with E-state index in [0.717, 1.165) is 5.57 Å². The SMILES string of the molecule is CC1=CC[C@@H]2C(=O)N(c3ccc(OC(=O)[C@@H]4CC(=O)N(c5cc(Cl)ccc5Cl)C4)cc3C)C(=O)[C@H]2C1. The Morgan fingerprint density at radius 1 is 0.944 bits per heavy atom. The second-order valence-electron chi connectivity index (χ2n) is 9.59. The molecule has 9 heteroatoms. The second-order valence-corrected chi connectivity index (χ2v) is 10.4. The number of imide groups is 1. The molecule has 0 radical (unpaired) electrons. The number of hydrogen-bond donors (Lipinski definition) is 0. The molecule has 2 aliphatic heterocycles. The topological polar surface area (TPSA) is 84.0 Å². The summed E-state index contributed by atoms with van der Waals surface area (Å²) in [6.07, 6.45) is 3.19. The number of allylic oxidation sites excluding steroid dienone is 2. The molecule has 0 spiro atoms. The number of fused-ring (bicyclic) bond motifs is 1. The number of hydrogen-bond acceptors (Lipinski definition) is 5. The first-order chi connectivity index (χ1) is 17.1. The van der Waals surface area contributed by atoms with Gasteiger partial charge < -0.3 is 9.64 Å². The van der Waals surface area contributed by atoms with Gasteiger partial charge in [0.25, 0.3) is 0 Å². The van der Waals surface area contributed by atoms with Crippen molar-refractivity contribution in [2.75, 3.05) is 16.3 Å². The lowest BCUT2D eigenvalue weighted by molar-refractivity contribution is -0.139. The minimum atomic E-state index is -0.673. The summed E-state index contributed by atoms with van der Waals surface area (Å²) in [5, 5.41) is 0.800. The zero-order chi connectivity index (χ0) is 25.7. The zero-order valence-corrected chi connectivity index (χ0v) is 21.3. The predicted molar refractivity (Wildman–Crippen MR) is 136 cm³/mol. The summed E-state index contributed by atoms with van der Waals surface area (Å²) in [6, 6.07) is 9.64. The molecule has 3 amide bonds. The highest BCUT2D eigenvalue weighted by Gasteiger charge is 2.49. The number of amides is 3. The van der Waals surface area contributed by atoms with Crippen molar-refractivity contribution in [2.45, 2.75) is 33.1 Å². The summed E-state index contributed by atoms with van der Waals surface area (Å²) < 4.78 is 5.57. The number of esters is 1. The summed E-state index contributed by atoms with van der Waals surface area (Å²) in [5.74, 6) is -2.21. The van der Waals surface area contributed by atoms with Gasteiger partial charge in [-0.15, -0.1) is 0 Å². The van der Waals surface area contributed by atoms with Crippen molar-refractivity contribution in [1.29, 1.82) is 0 Å². The quantitative estimate of drug-likeness (QED) is 0.239. The lowest BCUT2D eigenvalue weighted by atomic mass is 9.82. The molecule has 186 valence electrons. The van der Waals surface area contributed by atoms with Gasteiger partial charge in [-0.1, -0.05) is 34.9 Å². The Morgan fingerprint density at radius 2 is 1.69 bits per heavy atom. The molecule has 0 unspecified atom stereocenters. The van der Waals surface area contributed by atoms with Crippen LogP contribution < -0.4 is 14.5 Å². The summed E-state index contributed by atoms with van der Waals surface area (Å²) in [6.45, 7) is 3.87. The molecule has 2 saturated heterocycles. The summed E-state index contributed by atoms with van der Waals surface area (Å²) in [4.78, 5) is 54.2. The Bertz CT molecular complexity index is 1340. The predicted octanol–water partition coefficient (Wildman–Crippen LogP) is 5.11. The Hall–Kier alpha value is -3.16. The van der Waals surface area contributed by atoms with Crippen LogP contribution in [0.15, 0.2) is 48.0 Å². The fourth-order valence-electron chi connectivity index (χ4n) is 5.21. The number of halogens is 2. The normalized spacial score (nSPS) is 23.7. The molecule has 0 bridgehead atoms. The van der Waals surface area contributed by atoms with Gasteiger partial charge in [0.15, 0.2) is 0 Å². The third-order valence-electron chi connectivity index (χ3n) is 7.11. The second kappa shape index (κ2) is 9.37. The molecular formula is C27H24Cl2N2O5. The van der Waals surface area contributed by atoms with E-state index in [0.29, 0.717) is 39.8 Å². The third-order valence-corrected chi connectivity index (χ3v) is 7.66. The van der Waals surface area contributed by atoms with Crippen LogP contribution in [-0.2, 0) is 19.2 Å². The average molecular weight is 527 g/mol. The van der Waals surface area contributed by atoms with E-state index in [2.05, 4.69) is 0 Å². The van der Waals surface area contributed by atoms with Crippen molar-refractivity contribution in [3.05, 3.63) is 63.7 Å². The minimum absolute atomic E-state index is 0.00818. The van der Waals surface area contributed by atoms with Gasteiger partial charge in [0.05, 0.1) is 34.2 Å². The first kappa shape index (κ1) is 24.5. The van der Waals surface area contributed by atoms with E-state index in [1.807, 2.05) is 13.0 Å². The van der Waals surface area contributed by atoms with Gasteiger partial charge >= 0.3 is 5.97 Å². The fraction of sp³-hybridized carbons (Fsp3) is 0.333. The van der Waals surface area contributed by atoms with E-state index in [4.69, 9.17) is 27.9 Å². The number of rotatable bonds is 4. The number of benzene rings is 2. The minimum Gasteiger partial charge on any atom is -0.426 e. The Kier molecular flexibility index (Phi) is 6.39. The molecular weight excluding hydrogens is 503 g/mol. The van der Waals surface area contributed by atoms with Crippen molar-refractivity contribution in [1.82, 2.24) is 0 Å². The summed E-state index contributed by atoms with van der Waals surface area (Å²) in [7, 11) is 0. The maximum absolute atomic E-state index is 13.0. The van der Waals surface area contributed by atoms with E-state index in [9.17, 15) is 19.2 Å². The first-order valence-corrected chi connectivity index (χ1v) is 12.5. The van der Waals surface area contributed by atoms with Crippen LogP contribution >= 0.6 is 23.2 Å². The van der Waals surface area contributed by atoms with Gasteiger partial charge in [0.2, 0.25) is 17.7 Å². The van der Waals surface area contributed by atoms with Gasteiger partial charge in [-0.05, 0) is 68.7 Å². The molecule has 0 saturated carbocycles. The highest BCUT2D eigenvalue weighted by Crippen LogP contribution is 2.41. The summed E-state index contributed by atoms with van der Waals surface area (Å²) >= 11 is 12.3. The highest BCUT2D eigenvalue weighted by molar-refractivity contribution is 6.36. The van der Waals surface area contributed by atoms with Crippen molar-refractivity contribution >= 4 is 58.3 Å². The molecule has 2 fully saturated rings. The van der Waals surface area contributed by atoms with Gasteiger partial charge in [-0.2, -0.15) is 0 Å². The van der Waals surface area contributed by atoms with E-state index in [1.165, 1.54) is 9.80 Å². The number of nitrogens with zero attached hydrogens (tertiary/aromatic N) is 2. The van der Waals surface area contributed by atoms with E-state index >= 15 is 0 Å². The maximum Gasteiger partial charge on any atom is 0.316 e. The molecule has 0 aromatic heterocycles. The smallest absolute Gasteiger partial charge is 0.316 e. The number of aryl methyl sites for hydroxylation is 1. The summed E-state index contributed by atoms with van der Waals surface area (Å²) in [5.41, 5.74) is 2.71. The van der Waals surface area contributed by atoms with Gasteiger partial charge in [-0.25, -0.2) is 4.90 Å². The zero-order valence-electron chi connectivity index (χ0n) is 19.8. The van der Waals surface area contributed by atoms with Crippen LogP contribution in [0, 0.1) is 24.7 Å². The molecule has 2 aromatic rings. The van der Waals surface area contributed by atoms with Crippen LogP contribution in [0.4, 0.5) is 11.4 Å². The van der Waals surface area contributed by atoms with Crippen LogP contribution in [-0.4, -0.2) is 30.2 Å². The van der Waals surface area contributed by atoms with Gasteiger partial charge in [0, 0.05) is 18.0 Å². The Balaban J connectivity index is 1.29. The van der Waals surface area contributed by atoms with Gasteiger partial charge in [0.1, 0.15) is 5.75 Å². The molecule has 2 aromatic carbocycles. The number of ether oxygens (including phenoxy) is 1. The molecule has 5 rings (SSSR count). The van der Waals surface area contributed by atoms with Crippen LogP contribution in [0.1, 0.15) is 31.7 Å². The Morgan fingerprint density at radius 3 is 2.44 bits per heavy atom. The number of anilines is 2. The number of carbonyl (C=O) groups excluding carboxylic acids is 4. The van der Waals surface area contributed by atoms with Crippen molar-refractivity contribution in [2.24, 2.45) is 17.8 Å². The standard InChI is InChI=1S/C27H24Cl2N2O5/c1-14-3-6-19-20(9-14)26(34)31(25(19)33)22-8-5-18(10-15(22)2)36-27(35)16-11-24(32)30(13-16)23-12-17(28)4-7-21(23)29/h3-5,7-8,10,12,16,19-20H,6,9,11,13H2,1-2H3/t16-,19+,20+/m1/s1. The molecule has 36 heavy (non-hydrogen) atoms. The van der Waals surface area contributed by atoms with E-state index in [-0.39, 0.29) is 48.3 Å². The monoisotopic (exact) mass is 526 g/mol. The highest BCUT2D eigenvalue weighted by atomic mass is 35.5. The molecule has 3 aliphatic rings.